The van der Waals surface area contributed by atoms with E-state index in [1.165, 1.54) is 0 Å². The first-order valence-electron chi connectivity index (χ1n) is 3.60. The predicted octanol–water partition coefficient (Wildman–Crippen LogP) is 0.269. The van der Waals surface area contributed by atoms with Crippen LogP contribution in [-0.2, 0) is 9.53 Å². The van der Waals surface area contributed by atoms with Gasteiger partial charge < -0.3 is 4.74 Å². The van der Waals surface area contributed by atoms with Crippen LogP contribution in [0.2, 0.25) is 0 Å². The maximum absolute atomic E-state index is 10.9. The lowest BCUT2D eigenvalue weighted by Gasteiger charge is -2.11. The van der Waals surface area contributed by atoms with Gasteiger partial charge in [0, 0.05) is 13.0 Å². The number of imide groups is 1. The molecule has 1 fully saturated rings. The molecule has 64 valence electrons. The fraction of sp³-hybridized carbons (Fsp3) is 0.571. The highest BCUT2D eigenvalue weighted by Gasteiger charge is 2.27. The van der Waals surface area contributed by atoms with Crippen LogP contribution < -0.4 is 0 Å². The van der Waals surface area contributed by atoms with E-state index in [1.807, 2.05) is 0 Å². The number of rotatable bonds is 1. The predicted molar refractivity (Wildman–Crippen MR) is 37.9 cm³/mol. The molecule has 5 heteroatoms. The molecule has 0 aromatic carbocycles. The second-order valence-corrected chi connectivity index (χ2v) is 2.36. The van der Waals surface area contributed by atoms with Crippen molar-refractivity contribution in [1.82, 2.24) is 4.90 Å². The molecule has 12 heavy (non-hydrogen) atoms. The largest absolute Gasteiger partial charge is 0.434 e. The van der Waals surface area contributed by atoms with Crippen molar-refractivity contribution in [3.05, 3.63) is 0 Å². The maximum atomic E-state index is 10.9. The molecule has 0 aliphatic carbocycles. The van der Waals surface area contributed by atoms with Crippen molar-refractivity contribution < 1.29 is 14.3 Å². The third-order valence-corrected chi connectivity index (χ3v) is 1.55. The number of ether oxygens (including phenoxy) is 1. The van der Waals surface area contributed by atoms with E-state index in [-0.39, 0.29) is 12.5 Å². The van der Waals surface area contributed by atoms with Crippen LogP contribution >= 0.6 is 0 Å². The molecular weight excluding hydrogens is 160 g/mol. The van der Waals surface area contributed by atoms with Gasteiger partial charge in [-0.05, 0) is 6.42 Å². The first-order chi connectivity index (χ1) is 5.75. The second-order valence-electron chi connectivity index (χ2n) is 2.36. The minimum atomic E-state index is -0.709. The zero-order chi connectivity index (χ0) is 8.97. The Hall–Kier alpha value is -1.57. The molecule has 0 bridgehead atoms. The van der Waals surface area contributed by atoms with E-state index >= 15 is 0 Å². The number of nitriles is 1. The summed E-state index contributed by atoms with van der Waals surface area (Å²) in [6, 6.07) is 1.66. The third kappa shape index (κ3) is 1.72. The Bertz CT molecular complexity index is 244. The highest BCUT2D eigenvalue weighted by atomic mass is 16.6. The van der Waals surface area contributed by atoms with Crippen molar-refractivity contribution in [2.75, 3.05) is 13.2 Å². The molecule has 1 aliphatic heterocycles. The Labute approximate surface area is 69.5 Å². The SMILES string of the molecule is N#CCOC(=O)N1CCCC1=O. The van der Waals surface area contributed by atoms with E-state index in [0.29, 0.717) is 19.4 Å². The van der Waals surface area contributed by atoms with Crippen molar-refractivity contribution in [3.8, 4) is 6.07 Å². The van der Waals surface area contributed by atoms with Crippen molar-refractivity contribution in [1.29, 1.82) is 5.26 Å². The van der Waals surface area contributed by atoms with Gasteiger partial charge in [-0.3, -0.25) is 4.79 Å². The van der Waals surface area contributed by atoms with E-state index < -0.39 is 6.09 Å². The Morgan fingerprint density at radius 2 is 2.50 bits per heavy atom. The molecule has 1 rings (SSSR count). The highest BCUT2D eigenvalue weighted by molar-refractivity contribution is 5.93. The van der Waals surface area contributed by atoms with Gasteiger partial charge in [0.15, 0.2) is 6.61 Å². The van der Waals surface area contributed by atoms with E-state index in [2.05, 4.69) is 4.74 Å². The van der Waals surface area contributed by atoms with Crippen molar-refractivity contribution in [2.24, 2.45) is 0 Å². The Balaban J connectivity index is 2.42. The van der Waals surface area contributed by atoms with Crippen LogP contribution in [0.1, 0.15) is 12.8 Å². The van der Waals surface area contributed by atoms with Gasteiger partial charge in [-0.25, -0.2) is 9.69 Å². The fourth-order valence-corrected chi connectivity index (χ4v) is 1.01. The van der Waals surface area contributed by atoms with Gasteiger partial charge >= 0.3 is 6.09 Å². The van der Waals surface area contributed by atoms with Crippen LogP contribution in [0, 0.1) is 11.3 Å². The minimum Gasteiger partial charge on any atom is -0.434 e. The summed E-state index contributed by atoms with van der Waals surface area (Å²) < 4.78 is 4.45. The lowest BCUT2D eigenvalue weighted by Crippen LogP contribution is -2.32. The van der Waals surface area contributed by atoms with Gasteiger partial charge in [0.2, 0.25) is 5.91 Å². The summed E-state index contributed by atoms with van der Waals surface area (Å²) in [5.41, 5.74) is 0. The van der Waals surface area contributed by atoms with Gasteiger partial charge in [-0.2, -0.15) is 5.26 Å². The maximum Gasteiger partial charge on any atom is 0.417 e. The molecule has 0 saturated carbocycles. The van der Waals surface area contributed by atoms with Crippen molar-refractivity contribution in [2.45, 2.75) is 12.8 Å². The van der Waals surface area contributed by atoms with Gasteiger partial charge in [0.25, 0.3) is 0 Å². The summed E-state index contributed by atoms with van der Waals surface area (Å²) in [5.74, 6) is -0.224. The number of carbonyl (C=O) groups is 2. The van der Waals surface area contributed by atoms with Crippen LogP contribution in [0.25, 0.3) is 0 Å². The summed E-state index contributed by atoms with van der Waals surface area (Å²) in [6.45, 7) is 0.103. The van der Waals surface area contributed by atoms with E-state index in [0.717, 1.165) is 4.90 Å². The Morgan fingerprint density at radius 1 is 1.75 bits per heavy atom. The molecule has 5 nitrogen and oxygen atoms in total. The molecule has 0 unspecified atom stereocenters. The molecule has 1 aliphatic rings. The van der Waals surface area contributed by atoms with Crippen LogP contribution in [0.5, 0.6) is 0 Å². The second kappa shape index (κ2) is 3.72. The summed E-state index contributed by atoms with van der Waals surface area (Å²) in [5, 5.41) is 8.09. The van der Waals surface area contributed by atoms with Crippen molar-refractivity contribution in [3.63, 3.8) is 0 Å². The minimum absolute atomic E-state index is 0.224. The number of amides is 2. The summed E-state index contributed by atoms with van der Waals surface area (Å²) in [6.07, 6.45) is 0.362. The lowest BCUT2D eigenvalue weighted by molar-refractivity contribution is -0.126. The van der Waals surface area contributed by atoms with E-state index in [4.69, 9.17) is 5.26 Å². The third-order valence-electron chi connectivity index (χ3n) is 1.55. The average molecular weight is 168 g/mol. The van der Waals surface area contributed by atoms with Gasteiger partial charge in [-0.1, -0.05) is 0 Å². The van der Waals surface area contributed by atoms with Crippen LogP contribution in [0.15, 0.2) is 0 Å². The molecule has 0 aromatic heterocycles. The molecule has 1 heterocycles. The summed E-state index contributed by atoms with van der Waals surface area (Å²) in [4.78, 5) is 22.9. The van der Waals surface area contributed by atoms with Crippen LogP contribution in [0.3, 0.4) is 0 Å². The Morgan fingerprint density at radius 3 is 3.00 bits per heavy atom. The molecule has 0 radical (unpaired) electrons. The van der Waals surface area contributed by atoms with Gasteiger partial charge in [-0.15, -0.1) is 0 Å². The molecule has 0 atom stereocenters. The molecule has 1 saturated heterocycles. The molecule has 0 N–H and O–H groups in total. The molecule has 0 aromatic rings. The van der Waals surface area contributed by atoms with Crippen molar-refractivity contribution >= 4 is 12.0 Å². The normalized spacial score (nSPS) is 15.9. The zero-order valence-electron chi connectivity index (χ0n) is 6.45. The van der Waals surface area contributed by atoms with E-state index in [1.54, 1.807) is 6.07 Å². The van der Waals surface area contributed by atoms with Crippen LogP contribution in [0.4, 0.5) is 4.79 Å². The first-order valence-corrected chi connectivity index (χ1v) is 3.60. The molecule has 2 amide bonds. The topological polar surface area (TPSA) is 70.4 Å². The van der Waals surface area contributed by atoms with Gasteiger partial charge in [0.1, 0.15) is 6.07 Å². The molecule has 0 spiro atoms. The van der Waals surface area contributed by atoms with E-state index in [9.17, 15) is 9.59 Å². The summed E-state index contributed by atoms with van der Waals surface area (Å²) >= 11 is 0. The molecular formula is C7H8N2O3. The zero-order valence-corrected chi connectivity index (χ0v) is 6.45. The standard InChI is InChI=1S/C7H8N2O3/c8-3-5-12-7(11)9-4-1-2-6(9)10/h1-2,4-5H2. The monoisotopic (exact) mass is 168 g/mol. The number of carbonyl (C=O) groups excluding carboxylic acids is 2. The first kappa shape index (κ1) is 8.53. The number of hydrogen-bond donors (Lipinski definition) is 0. The quantitative estimate of drug-likeness (QED) is 0.563. The smallest absolute Gasteiger partial charge is 0.417 e. The number of likely N-dealkylation sites (tertiary alicyclic amines) is 1. The Kier molecular flexibility index (Phi) is 2.64. The van der Waals surface area contributed by atoms with Gasteiger partial charge in [0.05, 0.1) is 0 Å². The highest BCUT2D eigenvalue weighted by Crippen LogP contribution is 2.10. The number of hydrogen-bond acceptors (Lipinski definition) is 4. The number of nitrogens with zero attached hydrogens (tertiary/aromatic N) is 2. The fourth-order valence-electron chi connectivity index (χ4n) is 1.01. The average Bonchev–Trinajstić information content (AvgIpc) is 2.47. The summed E-state index contributed by atoms with van der Waals surface area (Å²) in [7, 11) is 0. The van der Waals surface area contributed by atoms with Crippen LogP contribution in [-0.4, -0.2) is 30.1 Å². The lowest BCUT2D eigenvalue weighted by atomic mass is 10.4.